The van der Waals surface area contributed by atoms with E-state index in [1.165, 1.54) is 0 Å². The fourth-order valence-corrected chi connectivity index (χ4v) is 2.27. The zero-order valence-electron chi connectivity index (χ0n) is 9.87. The minimum atomic E-state index is -0.0752. The third-order valence-corrected chi connectivity index (χ3v) is 3.14. The van der Waals surface area contributed by atoms with Gasteiger partial charge in [0.25, 0.3) is 0 Å². The second kappa shape index (κ2) is 4.61. The molecular weight excluding hydrogens is 226 g/mol. The van der Waals surface area contributed by atoms with Gasteiger partial charge in [-0.15, -0.1) is 0 Å². The number of carbonyl (C=O) groups excluding carboxylic acids is 1. The Morgan fingerprint density at radius 2 is 1.94 bits per heavy atom. The number of ketones is 1. The number of hydrogen-bond donors (Lipinski definition) is 0. The van der Waals surface area contributed by atoms with E-state index in [0.717, 1.165) is 11.1 Å². The summed E-state index contributed by atoms with van der Waals surface area (Å²) >= 11 is 0. The average Bonchev–Trinajstić information content (AvgIpc) is 2.44. The highest BCUT2D eigenvalue weighted by Gasteiger charge is 2.26. The third-order valence-electron chi connectivity index (χ3n) is 3.14. The minimum absolute atomic E-state index is 0.0752. The highest BCUT2D eigenvalue weighted by atomic mass is 16.5. The molecule has 1 aromatic carbocycles. The van der Waals surface area contributed by atoms with Gasteiger partial charge in [-0.3, -0.25) is 4.79 Å². The van der Waals surface area contributed by atoms with E-state index in [2.05, 4.69) is 4.98 Å². The maximum Gasteiger partial charge on any atom is 0.213 e. The predicted molar refractivity (Wildman–Crippen MR) is 67.6 cm³/mol. The molecular formula is C15H13NO2. The molecule has 1 aromatic heterocycles. The van der Waals surface area contributed by atoms with Crippen LogP contribution >= 0.6 is 0 Å². The molecule has 3 nitrogen and oxygen atoms in total. The van der Waals surface area contributed by atoms with Crippen molar-refractivity contribution in [2.24, 2.45) is 0 Å². The number of fused-ring (bicyclic) bond motifs is 1. The van der Waals surface area contributed by atoms with Crippen molar-refractivity contribution in [1.82, 2.24) is 4.98 Å². The number of Topliss-reactive ketones (excluding diaryl/α,β-unsaturated/α-hetero) is 1. The summed E-state index contributed by atoms with van der Waals surface area (Å²) in [6.45, 7) is 0. The number of aromatic nitrogens is 1. The molecule has 0 aliphatic heterocycles. The highest BCUT2D eigenvalue weighted by molar-refractivity contribution is 5.98. The molecule has 1 heterocycles. The summed E-state index contributed by atoms with van der Waals surface area (Å²) < 4.78 is 5.87. The molecule has 0 fully saturated rings. The zero-order valence-corrected chi connectivity index (χ0v) is 9.87. The van der Waals surface area contributed by atoms with Crippen molar-refractivity contribution in [3.05, 3.63) is 59.8 Å². The highest BCUT2D eigenvalue weighted by Crippen LogP contribution is 2.32. The van der Waals surface area contributed by atoms with Gasteiger partial charge in [-0.2, -0.15) is 0 Å². The molecule has 0 N–H and O–H groups in total. The summed E-state index contributed by atoms with van der Waals surface area (Å²) in [5, 5.41) is 0. The van der Waals surface area contributed by atoms with Gasteiger partial charge in [0.15, 0.2) is 5.78 Å². The van der Waals surface area contributed by atoms with Crippen LogP contribution in [0.3, 0.4) is 0 Å². The van der Waals surface area contributed by atoms with Gasteiger partial charge in [0.2, 0.25) is 5.88 Å². The average molecular weight is 239 g/mol. The lowest BCUT2D eigenvalue weighted by Gasteiger charge is -2.24. The first-order valence-electron chi connectivity index (χ1n) is 6.04. The third kappa shape index (κ3) is 1.99. The van der Waals surface area contributed by atoms with Crippen LogP contribution in [0.1, 0.15) is 34.9 Å². The molecule has 0 amide bonds. The summed E-state index contributed by atoms with van der Waals surface area (Å²) in [6.07, 6.45) is 2.88. The van der Waals surface area contributed by atoms with Crippen molar-refractivity contribution in [2.45, 2.75) is 18.9 Å². The van der Waals surface area contributed by atoms with Crippen LogP contribution in [0.15, 0.2) is 48.7 Å². The SMILES string of the molecule is O=C1CCC(Oc2ccccn2)c2ccccc21. The second-order valence-electron chi connectivity index (χ2n) is 4.32. The van der Waals surface area contributed by atoms with Gasteiger partial charge < -0.3 is 4.74 Å². The molecule has 2 aromatic rings. The van der Waals surface area contributed by atoms with Crippen molar-refractivity contribution in [3.8, 4) is 5.88 Å². The Hall–Kier alpha value is -2.16. The number of benzene rings is 1. The van der Waals surface area contributed by atoms with Gasteiger partial charge in [0, 0.05) is 29.8 Å². The molecule has 0 saturated heterocycles. The first-order valence-corrected chi connectivity index (χ1v) is 6.04. The van der Waals surface area contributed by atoms with Crippen LogP contribution in [0.2, 0.25) is 0 Å². The van der Waals surface area contributed by atoms with E-state index in [9.17, 15) is 4.79 Å². The lowest BCUT2D eigenvalue weighted by molar-refractivity contribution is 0.0916. The van der Waals surface area contributed by atoms with E-state index in [4.69, 9.17) is 4.74 Å². The second-order valence-corrected chi connectivity index (χ2v) is 4.32. The van der Waals surface area contributed by atoms with E-state index < -0.39 is 0 Å². The van der Waals surface area contributed by atoms with Crippen LogP contribution in [0.4, 0.5) is 0 Å². The van der Waals surface area contributed by atoms with E-state index in [1.54, 1.807) is 6.20 Å². The van der Waals surface area contributed by atoms with Crippen molar-refractivity contribution < 1.29 is 9.53 Å². The number of nitrogens with zero attached hydrogens (tertiary/aromatic N) is 1. The van der Waals surface area contributed by atoms with Gasteiger partial charge in [-0.05, 0) is 12.5 Å². The molecule has 3 rings (SSSR count). The molecule has 1 unspecified atom stereocenters. The smallest absolute Gasteiger partial charge is 0.213 e. The summed E-state index contributed by atoms with van der Waals surface area (Å²) in [7, 11) is 0. The van der Waals surface area contributed by atoms with Gasteiger partial charge in [-0.1, -0.05) is 30.3 Å². The largest absolute Gasteiger partial charge is 0.469 e. The first kappa shape index (κ1) is 11.0. The number of ether oxygens (including phenoxy) is 1. The van der Waals surface area contributed by atoms with E-state index in [-0.39, 0.29) is 11.9 Å². The molecule has 1 atom stereocenters. The van der Waals surface area contributed by atoms with E-state index in [1.807, 2.05) is 42.5 Å². The van der Waals surface area contributed by atoms with Crippen molar-refractivity contribution >= 4 is 5.78 Å². The van der Waals surface area contributed by atoms with E-state index >= 15 is 0 Å². The standard InChI is InChI=1S/C15H13NO2/c17-13-8-9-14(12-6-2-1-5-11(12)13)18-15-7-3-4-10-16-15/h1-7,10,14H,8-9H2. The predicted octanol–water partition coefficient (Wildman–Crippen LogP) is 3.18. The van der Waals surface area contributed by atoms with Gasteiger partial charge >= 0.3 is 0 Å². The Kier molecular flexibility index (Phi) is 2.81. The topological polar surface area (TPSA) is 39.2 Å². The summed E-state index contributed by atoms with van der Waals surface area (Å²) in [4.78, 5) is 16.0. The number of pyridine rings is 1. The van der Waals surface area contributed by atoms with Crippen LogP contribution in [0.5, 0.6) is 5.88 Å². The monoisotopic (exact) mass is 239 g/mol. The Labute approximate surface area is 105 Å². The Balaban J connectivity index is 1.91. The van der Waals surface area contributed by atoms with Crippen LogP contribution in [-0.4, -0.2) is 10.8 Å². The fourth-order valence-electron chi connectivity index (χ4n) is 2.27. The van der Waals surface area contributed by atoms with Gasteiger partial charge in [0.1, 0.15) is 6.10 Å². The normalized spacial score (nSPS) is 18.2. The van der Waals surface area contributed by atoms with Crippen molar-refractivity contribution in [2.75, 3.05) is 0 Å². The zero-order chi connectivity index (χ0) is 12.4. The molecule has 1 aliphatic rings. The van der Waals surface area contributed by atoms with Crippen LogP contribution in [-0.2, 0) is 0 Å². The Morgan fingerprint density at radius 3 is 2.78 bits per heavy atom. The molecule has 18 heavy (non-hydrogen) atoms. The van der Waals surface area contributed by atoms with Crippen LogP contribution in [0.25, 0.3) is 0 Å². The maximum atomic E-state index is 11.8. The Morgan fingerprint density at radius 1 is 1.11 bits per heavy atom. The molecule has 0 bridgehead atoms. The fraction of sp³-hybridized carbons (Fsp3) is 0.200. The number of hydrogen-bond acceptors (Lipinski definition) is 3. The molecule has 3 heteroatoms. The summed E-state index contributed by atoms with van der Waals surface area (Å²) in [5.41, 5.74) is 1.75. The number of carbonyl (C=O) groups is 1. The quantitative estimate of drug-likeness (QED) is 0.808. The molecule has 1 aliphatic carbocycles. The number of rotatable bonds is 2. The maximum absolute atomic E-state index is 11.8. The first-order chi connectivity index (χ1) is 8.84. The lowest BCUT2D eigenvalue weighted by atomic mass is 9.88. The summed E-state index contributed by atoms with van der Waals surface area (Å²) in [5.74, 6) is 0.804. The minimum Gasteiger partial charge on any atom is -0.469 e. The molecule has 0 saturated carbocycles. The Bertz CT molecular complexity index is 566. The van der Waals surface area contributed by atoms with Crippen molar-refractivity contribution in [1.29, 1.82) is 0 Å². The van der Waals surface area contributed by atoms with Crippen LogP contribution < -0.4 is 4.74 Å². The molecule has 0 radical (unpaired) electrons. The summed E-state index contributed by atoms with van der Waals surface area (Å²) in [6, 6.07) is 13.2. The van der Waals surface area contributed by atoms with Gasteiger partial charge in [0.05, 0.1) is 0 Å². The molecule has 90 valence electrons. The lowest BCUT2D eigenvalue weighted by Crippen LogP contribution is -2.19. The van der Waals surface area contributed by atoms with Gasteiger partial charge in [-0.25, -0.2) is 4.98 Å². The van der Waals surface area contributed by atoms with Crippen molar-refractivity contribution in [3.63, 3.8) is 0 Å². The molecule has 0 spiro atoms. The van der Waals surface area contributed by atoms with E-state index in [0.29, 0.717) is 18.7 Å². The van der Waals surface area contributed by atoms with Crippen LogP contribution in [0, 0.1) is 0 Å².